The zero-order valence-electron chi connectivity index (χ0n) is 19.3. The first-order chi connectivity index (χ1) is 17.1. The number of β-amino-alcohol motifs (C(OH)–C–C–N with tert-alkyl or cyclic N) is 1. The van der Waals surface area contributed by atoms with Crippen LogP contribution < -0.4 is 10.2 Å². The average Bonchev–Trinajstić information content (AvgIpc) is 3.33. The van der Waals surface area contributed by atoms with E-state index in [1.807, 2.05) is 29.2 Å². The molecule has 35 heavy (non-hydrogen) atoms. The van der Waals surface area contributed by atoms with Gasteiger partial charge in [0.2, 0.25) is 5.95 Å². The molecule has 178 valence electrons. The van der Waals surface area contributed by atoms with Gasteiger partial charge < -0.3 is 20.1 Å². The molecular formula is C25H26N8O2. The third-order valence-electron chi connectivity index (χ3n) is 5.51. The normalized spacial score (nSPS) is 15.6. The Balaban J connectivity index is 1.64. The van der Waals surface area contributed by atoms with Gasteiger partial charge in [-0.25, -0.2) is 15.5 Å². The quantitative estimate of drug-likeness (QED) is 0.404. The molecule has 3 heterocycles. The van der Waals surface area contributed by atoms with E-state index >= 15 is 0 Å². The van der Waals surface area contributed by atoms with Crippen molar-refractivity contribution in [2.45, 2.75) is 25.7 Å². The first-order valence-corrected chi connectivity index (χ1v) is 11.2. The van der Waals surface area contributed by atoms with Gasteiger partial charge in [-0.05, 0) is 36.8 Å². The van der Waals surface area contributed by atoms with Crippen LogP contribution in [-0.4, -0.2) is 46.4 Å². The van der Waals surface area contributed by atoms with E-state index in [2.05, 4.69) is 31.5 Å². The Hall–Kier alpha value is -4.20. The number of methoxy groups -OCH3 is 1. The van der Waals surface area contributed by atoms with Crippen LogP contribution in [0.2, 0.25) is 0 Å². The molecule has 0 radical (unpaired) electrons. The molecule has 1 atom stereocenters. The van der Waals surface area contributed by atoms with Gasteiger partial charge in [0.1, 0.15) is 5.70 Å². The molecule has 1 saturated heterocycles. The second-order valence-corrected chi connectivity index (χ2v) is 8.10. The van der Waals surface area contributed by atoms with Crippen molar-refractivity contribution in [1.29, 1.82) is 10.8 Å². The third kappa shape index (κ3) is 6.03. The van der Waals surface area contributed by atoms with E-state index in [0.29, 0.717) is 61.3 Å². The zero-order valence-corrected chi connectivity index (χ0v) is 19.3. The lowest BCUT2D eigenvalue weighted by molar-refractivity contribution is 0.181. The Morgan fingerprint density at radius 3 is 2.83 bits per heavy atom. The van der Waals surface area contributed by atoms with Crippen molar-refractivity contribution in [3.63, 3.8) is 0 Å². The lowest BCUT2D eigenvalue weighted by Crippen LogP contribution is -2.24. The number of nitrogens with one attached hydrogen (secondary N) is 2. The number of hydrogen-bond donors (Lipinski definition) is 3. The van der Waals surface area contributed by atoms with Crippen molar-refractivity contribution >= 4 is 11.6 Å². The van der Waals surface area contributed by atoms with Gasteiger partial charge in [-0.15, -0.1) is 0 Å². The van der Waals surface area contributed by atoms with Crippen LogP contribution >= 0.6 is 0 Å². The molecule has 1 aromatic carbocycles. The maximum atomic E-state index is 10.0. The van der Waals surface area contributed by atoms with Gasteiger partial charge in [-0.2, -0.15) is 10.4 Å². The fraction of sp³-hybridized carbons (Fsp3) is 0.280. The molecule has 1 fully saturated rings. The van der Waals surface area contributed by atoms with Crippen molar-refractivity contribution in [1.82, 2.24) is 20.3 Å². The largest absolute Gasteiger partial charge is 0.391 e. The molecule has 10 heteroatoms. The number of nitriles is 1. The third-order valence-corrected chi connectivity index (χ3v) is 5.51. The molecule has 0 saturated carbocycles. The second-order valence-electron chi connectivity index (χ2n) is 8.10. The molecule has 0 amide bonds. The zero-order chi connectivity index (χ0) is 24.6. The molecule has 10 nitrogen and oxygen atoms in total. The van der Waals surface area contributed by atoms with Crippen LogP contribution in [0.25, 0.3) is 17.0 Å². The molecule has 1 aliphatic rings. The molecule has 1 unspecified atom stereocenters. The summed E-state index contributed by atoms with van der Waals surface area (Å²) in [6, 6.07) is 16.8. The number of pyridine rings is 1. The van der Waals surface area contributed by atoms with Gasteiger partial charge in [-0.3, -0.25) is 4.98 Å². The van der Waals surface area contributed by atoms with Gasteiger partial charge in [0.05, 0.1) is 53.7 Å². The van der Waals surface area contributed by atoms with Crippen molar-refractivity contribution in [2.75, 3.05) is 25.1 Å². The van der Waals surface area contributed by atoms with Gasteiger partial charge in [-0.1, -0.05) is 18.2 Å². The molecule has 0 bridgehead atoms. The van der Waals surface area contributed by atoms with Crippen LogP contribution in [0.3, 0.4) is 0 Å². The maximum Gasteiger partial charge on any atom is 0.226 e. The number of aromatic nitrogens is 3. The summed E-state index contributed by atoms with van der Waals surface area (Å²) in [6.45, 7) is 1.92. The van der Waals surface area contributed by atoms with Crippen molar-refractivity contribution in [3.05, 3.63) is 77.4 Å². The monoisotopic (exact) mass is 470 g/mol. The number of nitrogens with zero attached hydrogens (tertiary/aromatic N) is 6. The second kappa shape index (κ2) is 11.3. The van der Waals surface area contributed by atoms with Gasteiger partial charge in [0.25, 0.3) is 0 Å². The van der Waals surface area contributed by atoms with Crippen molar-refractivity contribution in [3.8, 4) is 17.3 Å². The summed E-state index contributed by atoms with van der Waals surface area (Å²) in [4.78, 5) is 15.8. The number of benzene rings is 1. The standard InChI is InChI=1S/C25H26N8O2/c1-35-16-20-7-3-6-19(29-20)13-28-14-24(32-27)23-11-22(18-5-2-4-17(10-18)12-26)30-25(31-23)33-9-8-21(34)15-33/h2-7,10-11,14,21,27-28,34H,8-9,13,15-16H2,1H3/b24-14-,32-27?. The van der Waals surface area contributed by atoms with Gasteiger partial charge in [0.15, 0.2) is 0 Å². The molecule has 4 rings (SSSR count). The summed E-state index contributed by atoms with van der Waals surface area (Å²) >= 11 is 0. The Labute approximate surface area is 203 Å². The Bertz CT molecular complexity index is 1270. The van der Waals surface area contributed by atoms with Crippen LogP contribution in [0.15, 0.2) is 59.8 Å². The van der Waals surface area contributed by atoms with Crippen molar-refractivity contribution in [2.24, 2.45) is 5.11 Å². The van der Waals surface area contributed by atoms with Crippen molar-refractivity contribution < 1.29 is 9.84 Å². The summed E-state index contributed by atoms with van der Waals surface area (Å²) in [5.41, 5.74) is 12.1. The van der Waals surface area contributed by atoms with Crippen LogP contribution in [-0.2, 0) is 17.9 Å². The Morgan fingerprint density at radius 1 is 1.26 bits per heavy atom. The molecule has 0 spiro atoms. The van der Waals surface area contributed by atoms with E-state index in [4.69, 9.17) is 10.3 Å². The summed E-state index contributed by atoms with van der Waals surface area (Å²) in [7, 11) is 1.63. The molecular weight excluding hydrogens is 444 g/mol. The van der Waals surface area contributed by atoms with E-state index in [1.54, 1.807) is 37.6 Å². The minimum Gasteiger partial charge on any atom is -0.391 e. The van der Waals surface area contributed by atoms with Gasteiger partial charge >= 0.3 is 0 Å². The maximum absolute atomic E-state index is 10.0. The van der Waals surface area contributed by atoms with E-state index in [0.717, 1.165) is 17.0 Å². The lowest BCUT2D eigenvalue weighted by Gasteiger charge is -2.17. The van der Waals surface area contributed by atoms with E-state index in [9.17, 15) is 10.4 Å². The predicted molar refractivity (Wildman–Crippen MR) is 130 cm³/mol. The molecule has 2 aromatic heterocycles. The highest BCUT2D eigenvalue weighted by Gasteiger charge is 2.24. The summed E-state index contributed by atoms with van der Waals surface area (Å²) < 4.78 is 5.14. The number of anilines is 1. The molecule has 1 aliphatic heterocycles. The lowest BCUT2D eigenvalue weighted by atomic mass is 10.1. The first-order valence-electron chi connectivity index (χ1n) is 11.2. The number of aliphatic hydroxyl groups is 1. The van der Waals surface area contributed by atoms with Crippen LogP contribution in [0.5, 0.6) is 0 Å². The predicted octanol–water partition coefficient (Wildman–Crippen LogP) is 3.25. The first kappa shape index (κ1) is 23.9. The van der Waals surface area contributed by atoms with Crippen LogP contribution in [0, 0.1) is 16.9 Å². The summed E-state index contributed by atoms with van der Waals surface area (Å²) in [5.74, 6) is 0.444. The molecule has 3 N–H and O–H groups in total. The summed E-state index contributed by atoms with van der Waals surface area (Å²) in [6.07, 6.45) is 1.82. The SMILES string of the molecule is COCc1cccc(CN/C=C(\N=N)c2cc(-c3cccc(C#N)c3)nc(N3CCC(O)C3)n2)n1. The van der Waals surface area contributed by atoms with E-state index in [-0.39, 0.29) is 0 Å². The highest BCUT2D eigenvalue weighted by molar-refractivity contribution is 5.69. The highest BCUT2D eigenvalue weighted by atomic mass is 16.5. The average molecular weight is 471 g/mol. The molecule has 0 aliphatic carbocycles. The number of ether oxygens (including phenoxy) is 1. The summed E-state index contributed by atoms with van der Waals surface area (Å²) in [5, 5.41) is 26.1. The smallest absolute Gasteiger partial charge is 0.226 e. The number of hydrogen-bond acceptors (Lipinski definition) is 10. The minimum atomic E-state index is -0.438. The highest BCUT2D eigenvalue weighted by Crippen LogP contribution is 2.27. The fourth-order valence-corrected chi connectivity index (χ4v) is 3.80. The Morgan fingerprint density at radius 2 is 2.09 bits per heavy atom. The fourth-order valence-electron chi connectivity index (χ4n) is 3.80. The number of aliphatic hydroxyl groups excluding tert-OH is 1. The number of rotatable bonds is 9. The van der Waals surface area contributed by atoms with Crippen LogP contribution in [0.1, 0.15) is 29.1 Å². The van der Waals surface area contributed by atoms with Crippen LogP contribution in [0.4, 0.5) is 5.95 Å². The van der Waals surface area contributed by atoms with Gasteiger partial charge in [0, 0.05) is 32.0 Å². The van der Waals surface area contributed by atoms with E-state index < -0.39 is 6.10 Å². The minimum absolute atomic E-state index is 0.319. The van der Waals surface area contributed by atoms with E-state index in [1.165, 1.54) is 0 Å². The topological polar surface area (TPSA) is 143 Å². The molecule has 3 aromatic rings. The Kier molecular flexibility index (Phi) is 7.72.